The van der Waals surface area contributed by atoms with E-state index in [0.717, 1.165) is 11.1 Å². The standard InChI is InChI=1S/C16H18N2O/c1-12(13-8-4-2-5-9-13)18-16(19)15(17)14-10-6-3-7-11-14/h2-12,15H,17H2,1H3,(H,18,19)/t12-,15-/m1/s1. The lowest BCUT2D eigenvalue weighted by molar-refractivity contribution is -0.123. The second kappa shape index (κ2) is 6.16. The van der Waals surface area contributed by atoms with Gasteiger partial charge >= 0.3 is 0 Å². The van der Waals surface area contributed by atoms with Crippen molar-refractivity contribution in [1.29, 1.82) is 0 Å². The van der Waals surface area contributed by atoms with Crippen LogP contribution in [-0.2, 0) is 4.79 Å². The number of nitrogens with one attached hydrogen (secondary N) is 1. The largest absolute Gasteiger partial charge is 0.348 e. The number of amides is 1. The molecule has 0 radical (unpaired) electrons. The fraction of sp³-hybridized carbons (Fsp3) is 0.188. The monoisotopic (exact) mass is 254 g/mol. The second-order valence-electron chi connectivity index (χ2n) is 4.53. The molecule has 0 aliphatic rings. The van der Waals surface area contributed by atoms with Crippen LogP contribution >= 0.6 is 0 Å². The first-order valence-electron chi connectivity index (χ1n) is 6.34. The third-order valence-corrected chi connectivity index (χ3v) is 3.10. The summed E-state index contributed by atoms with van der Waals surface area (Å²) in [7, 11) is 0. The van der Waals surface area contributed by atoms with Crippen LogP contribution in [0.3, 0.4) is 0 Å². The maximum atomic E-state index is 12.1. The minimum Gasteiger partial charge on any atom is -0.348 e. The van der Waals surface area contributed by atoms with Gasteiger partial charge in [-0.15, -0.1) is 0 Å². The van der Waals surface area contributed by atoms with Gasteiger partial charge in [0.15, 0.2) is 0 Å². The Balaban J connectivity index is 2.02. The molecule has 2 atom stereocenters. The molecule has 3 heteroatoms. The molecule has 2 rings (SSSR count). The van der Waals surface area contributed by atoms with Gasteiger partial charge in [-0.1, -0.05) is 60.7 Å². The Labute approximate surface area is 113 Å². The van der Waals surface area contributed by atoms with Crippen LogP contribution in [0.1, 0.15) is 30.1 Å². The molecular formula is C16H18N2O. The molecule has 2 aromatic rings. The molecule has 0 bridgehead atoms. The SMILES string of the molecule is C[C@@H](NC(=O)[C@H](N)c1ccccc1)c1ccccc1. The van der Waals surface area contributed by atoms with Crippen molar-refractivity contribution in [3.05, 3.63) is 71.8 Å². The van der Waals surface area contributed by atoms with Crippen molar-refractivity contribution < 1.29 is 4.79 Å². The van der Waals surface area contributed by atoms with Gasteiger partial charge in [-0.25, -0.2) is 0 Å². The highest BCUT2D eigenvalue weighted by atomic mass is 16.2. The van der Waals surface area contributed by atoms with Crippen molar-refractivity contribution in [3.8, 4) is 0 Å². The van der Waals surface area contributed by atoms with Crippen LogP contribution in [0.15, 0.2) is 60.7 Å². The van der Waals surface area contributed by atoms with E-state index in [1.165, 1.54) is 0 Å². The van der Waals surface area contributed by atoms with Gasteiger partial charge in [-0.2, -0.15) is 0 Å². The van der Waals surface area contributed by atoms with E-state index in [0.29, 0.717) is 0 Å². The molecule has 19 heavy (non-hydrogen) atoms. The summed E-state index contributed by atoms with van der Waals surface area (Å²) in [6.07, 6.45) is 0. The van der Waals surface area contributed by atoms with Gasteiger partial charge < -0.3 is 11.1 Å². The van der Waals surface area contributed by atoms with Crippen LogP contribution in [0.2, 0.25) is 0 Å². The summed E-state index contributed by atoms with van der Waals surface area (Å²) in [6.45, 7) is 1.95. The molecule has 3 nitrogen and oxygen atoms in total. The van der Waals surface area contributed by atoms with Gasteiger partial charge in [-0.3, -0.25) is 4.79 Å². The van der Waals surface area contributed by atoms with Gasteiger partial charge in [0.2, 0.25) is 5.91 Å². The van der Waals surface area contributed by atoms with E-state index in [9.17, 15) is 4.79 Å². The fourth-order valence-electron chi connectivity index (χ4n) is 1.94. The second-order valence-corrected chi connectivity index (χ2v) is 4.53. The average Bonchev–Trinajstić information content (AvgIpc) is 2.48. The lowest BCUT2D eigenvalue weighted by Crippen LogP contribution is -2.35. The Kier molecular flexibility index (Phi) is 4.31. The Morgan fingerprint density at radius 1 is 0.947 bits per heavy atom. The number of benzene rings is 2. The molecule has 0 heterocycles. The zero-order valence-corrected chi connectivity index (χ0v) is 10.9. The Bertz CT molecular complexity index is 525. The summed E-state index contributed by atoms with van der Waals surface area (Å²) < 4.78 is 0. The molecule has 0 saturated carbocycles. The predicted molar refractivity (Wildman–Crippen MR) is 76.4 cm³/mol. The van der Waals surface area contributed by atoms with E-state index in [4.69, 9.17) is 5.73 Å². The van der Waals surface area contributed by atoms with Gasteiger partial charge in [0.1, 0.15) is 6.04 Å². The minimum atomic E-state index is -0.632. The van der Waals surface area contributed by atoms with Gasteiger partial charge in [-0.05, 0) is 18.1 Å². The number of hydrogen-bond acceptors (Lipinski definition) is 2. The van der Waals surface area contributed by atoms with Crippen LogP contribution < -0.4 is 11.1 Å². The van der Waals surface area contributed by atoms with Crippen LogP contribution in [0.4, 0.5) is 0 Å². The molecule has 1 amide bonds. The summed E-state index contributed by atoms with van der Waals surface area (Å²) in [5, 5.41) is 2.93. The van der Waals surface area contributed by atoms with Crippen LogP contribution in [0.25, 0.3) is 0 Å². The summed E-state index contributed by atoms with van der Waals surface area (Å²) in [5.41, 5.74) is 7.84. The van der Waals surface area contributed by atoms with E-state index in [1.54, 1.807) is 0 Å². The third kappa shape index (κ3) is 3.42. The smallest absolute Gasteiger partial charge is 0.241 e. The van der Waals surface area contributed by atoms with E-state index in [1.807, 2.05) is 67.6 Å². The third-order valence-electron chi connectivity index (χ3n) is 3.10. The van der Waals surface area contributed by atoms with Gasteiger partial charge in [0.25, 0.3) is 0 Å². The molecule has 0 aliphatic heterocycles. The van der Waals surface area contributed by atoms with Crippen molar-refractivity contribution in [1.82, 2.24) is 5.32 Å². The Morgan fingerprint density at radius 2 is 1.42 bits per heavy atom. The number of carbonyl (C=O) groups is 1. The maximum absolute atomic E-state index is 12.1. The highest BCUT2D eigenvalue weighted by Crippen LogP contribution is 2.14. The molecule has 0 spiro atoms. The molecule has 2 aromatic carbocycles. The van der Waals surface area contributed by atoms with Crippen molar-refractivity contribution in [3.63, 3.8) is 0 Å². The van der Waals surface area contributed by atoms with Gasteiger partial charge in [0.05, 0.1) is 6.04 Å². The number of carbonyl (C=O) groups excluding carboxylic acids is 1. The normalized spacial score (nSPS) is 13.6. The first-order valence-corrected chi connectivity index (χ1v) is 6.34. The molecule has 0 fully saturated rings. The first-order chi connectivity index (χ1) is 9.18. The number of rotatable bonds is 4. The zero-order valence-electron chi connectivity index (χ0n) is 10.9. The number of nitrogens with two attached hydrogens (primary N) is 1. The maximum Gasteiger partial charge on any atom is 0.241 e. The first kappa shape index (κ1) is 13.3. The van der Waals surface area contributed by atoms with Crippen LogP contribution in [0.5, 0.6) is 0 Å². The number of hydrogen-bond donors (Lipinski definition) is 2. The zero-order chi connectivity index (χ0) is 13.7. The van der Waals surface area contributed by atoms with Crippen molar-refractivity contribution in [2.24, 2.45) is 5.73 Å². The molecule has 3 N–H and O–H groups in total. The van der Waals surface area contributed by atoms with E-state index < -0.39 is 6.04 Å². The highest BCUT2D eigenvalue weighted by molar-refractivity contribution is 5.83. The van der Waals surface area contributed by atoms with E-state index >= 15 is 0 Å². The lowest BCUT2D eigenvalue weighted by Gasteiger charge is -2.18. The average molecular weight is 254 g/mol. The highest BCUT2D eigenvalue weighted by Gasteiger charge is 2.17. The topological polar surface area (TPSA) is 55.1 Å². The van der Waals surface area contributed by atoms with Crippen molar-refractivity contribution >= 4 is 5.91 Å². The summed E-state index contributed by atoms with van der Waals surface area (Å²) in [6, 6.07) is 18.5. The summed E-state index contributed by atoms with van der Waals surface area (Å²) in [5.74, 6) is -0.164. The van der Waals surface area contributed by atoms with Crippen LogP contribution in [-0.4, -0.2) is 5.91 Å². The van der Waals surface area contributed by atoms with Crippen molar-refractivity contribution in [2.45, 2.75) is 19.0 Å². The fourth-order valence-corrected chi connectivity index (χ4v) is 1.94. The quantitative estimate of drug-likeness (QED) is 0.881. The predicted octanol–water partition coefficient (Wildman–Crippen LogP) is 2.56. The van der Waals surface area contributed by atoms with E-state index in [-0.39, 0.29) is 11.9 Å². The molecule has 0 aromatic heterocycles. The molecule has 0 saturated heterocycles. The summed E-state index contributed by atoms with van der Waals surface area (Å²) >= 11 is 0. The Morgan fingerprint density at radius 3 is 1.95 bits per heavy atom. The van der Waals surface area contributed by atoms with Crippen LogP contribution in [0, 0.1) is 0 Å². The molecular weight excluding hydrogens is 236 g/mol. The Hall–Kier alpha value is -2.13. The minimum absolute atomic E-state index is 0.0523. The summed E-state index contributed by atoms with van der Waals surface area (Å²) in [4.78, 5) is 12.1. The molecule has 98 valence electrons. The van der Waals surface area contributed by atoms with Gasteiger partial charge in [0, 0.05) is 0 Å². The lowest BCUT2D eigenvalue weighted by atomic mass is 10.1. The molecule has 0 unspecified atom stereocenters. The van der Waals surface area contributed by atoms with E-state index in [2.05, 4.69) is 5.32 Å². The van der Waals surface area contributed by atoms with Crippen molar-refractivity contribution in [2.75, 3.05) is 0 Å². The molecule has 0 aliphatic carbocycles.